The maximum atomic E-state index is 12.4. The summed E-state index contributed by atoms with van der Waals surface area (Å²) in [5.41, 5.74) is -0.547. The minimum Gasteiger partial charge on any atom is -0.486 e. The molecule has 1 fully saturated rings. The standard InChI is InChI=1S/C13H16N2O7S/c16-15(17)10-6-11-12(22-5-4-21-11)7-13(10)23(18,19)14-8-9-2-1-3-20-9/h6-7,9,14H,1-5,8H2/t9-/m1/s1. The first kappa shape index (κ1) is 16.0. The zero-order valence-corrected chi connectivity index (χ0v) is 13.0. The van der Waals surface area contributed by atoms with Crippen molar-refractivity contribution < 1.29 is 27.6 Å². The molecule has 0 radical (unpaired) electrons. The molecule has 1 N–H and O–H groups in total. The van der Waals surface area contributed by atoms with Crippen molar-refractivity contribution in [3.63, 3.8) is 0 Å². The number of ether oxygens (including phenoxy) is 3. The van der Waals surface area contributed by atoms with E-state index in [0.717, 1.165) is 25.0 Å². The number of nitrogens with one attached hydrogen (secondary N) is 1. The van der Waals surface area contributed by atoms with E-state index in [1.54, 1.807) is 0 Å². The smallest absolute Gasteiger partial charge is 0.293 e. The largest absolute Gasteiger partial charge is 0.486 e. The Morgan fingerprint density at radius 1 is 1.22 bits per heavy atom. The lowest BCUT2D eigenvalue weighted by Crippen LogP contribution is -2.32. The van der Waals surface area contributed by atoms with E-state index < -0.39 is 25.5 Å². The summed E-state index contributed by atoms with van der Waals surface area (Å²) < 4.78 is 43.1. The van der Waals surface area contributed by atoms with Crippen molar-refractivity contribution in [2.24, 2.45) is 0 Å². The second kappa shape index (κ2) is 6.30. The summed E-state index contributed by atoms with van der Waals surface area (Å²) in [6, 6.07) is 2.21. The lowest BCUT2D eigenvalue weighted by atomic mass is 10.2. The van der Waals surface area contributed by atoms with Gasteiger partial charge < -0.3 is 14.2 Å². The molecule has 0 spiro atoms. The molecule has 1 saturated heterocycles. The highest BCUT2D eigenvalue weighted by molar-refractivity contribution is 7.89. The normalized spacial score (nSPS) is 20.4. The van der Waals surface area contributed by atoms with Crippen LogP contribution < -0.4 is 14.2 Å². The molecule has 2 aliphatic heterocycles. The molecule has 0 bridgehead atoms. The fourth-order valence-electron chi connectivity index (χ4n) is 2.50. The van der Waals surface area contributed by atoms with E-state index in [4.69, 9.17) is 14.2 Å². The van der Waals surface area contributed by atoms with Crippen LogP contribution in [0.1, 0.15) is 12.8 Å². The van der Waals surface area contributed by atoms with E-state index in [9.17, 15) is 18.5 Å². The monoisotopic (exact) mass is 344 g/mol. The third kappa shape index (κ3) is 3.38. The molecule has 23 heavy (non-hydrogen) atoms. The van der Waals surface area contributed by atoms with Gasteiger partial charge in [0.2, 0.25) is 10.0 Å². The van der Waals surface area contributed by atoms with E-state index >= 15 is 0 Å². The molecule has 126 valence electrons. The lowest BCUT2D eigenvalue weighted by molar-refractivity contribution is -0.388. The first-order chi connectivity index (χ1) is 11.0. The van der Waals surface area contributed by atoms with Gasteiger partial charge in [0, 0.05) is 19.2 Å². The second-order valence-corrected chi connectivity index (χ2v) is 6.94. The van der Waals surface area contributed by atoms with Crippen LogP contribution in [0.2, 0.25) is 0 Å². The van der Waals surface area contributed by atoms with Crippen molar-refractivity contribution in [2.45, 2.75) is 23.8 Å². The molecule has 2 aliphatic rings. The van der Waals surface area contributed by atoms with E-state index in [1.807, 2.05) is 0 Å². The van der Waals surface area contributed by atoms with Crippen molar-refractivity contribution in [3.05, 3.63) is 22.2 Å². The highest BCUT2D eigenvalue weighted by atomic mass is 32.2. The average Bonchev–Trinajstić information content (AvgIpc) is 3.05. The van der Waals surface area contributed by atoms with Crippen LogP contribution in [0.25, 0.3) is 0 Å². The predicted octanol–water partition coefficient (Wildman–Crippen LogP) is 0.823. The van der Waals surface area contributed by atoms with Gasteiger partial charge in [0.25, 0.3) is 5.69 Å². The van der Waals surface area contributed by atoms with Crippen molar-refractivity contribution in [1.82, 2.24) is 4.72 Å². The van der Waals surface area contributed by atoms with Crippen molar-refractivity contribution in [1.29, 1.82) is 0 Å². The Kier molecular flexibility index (Phi) is 4.37. The van der Waals surface area contributed by atoms with Crippen LogP contribution in [-0.2, 0) is 14.8 Å². The van der Waals surface area contributed by atoms with E-state index in [2.05, 4.69) is 4.72 Å². The summed E-state index contributed by atoms with van der Waals surface area (Å²) in [6.45, 7) is 1.19. The average molecular weight is 344 g/mol. The van der Waals surface area contributed by atoms with Gasteiger partial charge in [-0.3, -0.25) is 10.1 Å². The van der Waals surface area contributed by atoms with Crippen LogP contribution in [0.3, 0.4) is 0 Å². The molecule has 0 unspecified atom stereocenters. The molecule has 0 aliphatic carbocycles. The first-order valence-corrected chi connectivity index (χ1v) is 8.65. The highest BCUT2D eigenvalue weighted by Gasteiger charge is 2.31. The number of fused-ring (bicyclic) bond motifs is 1. The molecule has 1 atom stereocenters. The number of sulfonamides is 1. The Morgan fingerprint density at radius 3 is 2.52 bits per heavy atom. The van der Waals surface area contributed by atoms with Gasteiger partial charge in [-0.2, -0.15) is 0 Å². The molecule has 0 amide bonds. The Balaban J connectivity index is 1.91. The molecule has 0 saturated carbocycles. The molecular weight excluding hydrogens is 328 g/mol. The van der Waals surface area contributed by atoms with Gasteiger partial charge in [-0.15, -0.1) is 0 Å². The molecule has 10 heteroatoms. The Labute approximate surface area is 132 Å². The van der Waals surface area contributed by atoms with Crippen molar-refractivity contribution >= 4 is 15.7 Å². The van der Waals surface area contributed by atoms with Gasteiger partial charge in [-0.05, 0) is 12.8 Å². The molecule has 2 heterocycles. The minimum absolute atomic E-state index is 0.0773. The first-order valence-electron chi connectivity index (χ1n) is 7.17. The quantitative estimate of drug-likeness (QED) is 0.621. The predicted molar refractivity (Wildman–Crippen MR) is 78.2 cm³/mol. The van der Waals surface area contributed by atoms with Gasteiger partial charge in [0.1, 0.15) is 13.2 Å². The number of benzene rings is 1. The molecule has 1 aromatic carbocycles. The van der Waals surface area contributed by atoms with Gasteiger partial charge in [-0.1, -0.05) is 0 Å². The van der Waals surface area contributed by atoms with E-state index in [-0.39, 0.29) is 37.4 Å². The fourth-order valence-corrected chi connectivity index (χ4v) is 3.73. The van der Waals surface area contributed by atoms with Crippen LogP contribution in [0.4, 0.5) is 5.69 Å². The van der Waals surface area contributed by atoms with Gasteiger partial charge in [0.15, 0.2) is 16.4 Å². The summed E-state index contributed by atoms with van der Waals surface area (Å²) >= 11 is 0. The molecular formula is C13H16N2O7S. The second-order valence-electron chi connectivity index (χ2n) is 5.21. The van der Waals surface area contributed by atoms with Gasteiger partial charge in [0.05, 0.1) is 17.1 Å². The number of rotatable bonds is 5. The number of nitro benzene ring substituents is 1. The number of hydrogen-bond donors (Lipinski definition) is 1. The van der Waals surface area contributed by atoms with Gasteiger partial charge >= 0.3 is 0 Å². The Morgan fingerprint density at radius 2 is 1.91 bits per heavy atom. The van der Waals surface area contributed by atoms with Crippen LogP contribution in [-0.4, -0.2) is 45.8 Å². The fraction of sp³-hybridized carbons (Fsp3) is 0.538. The third-order valence-corrected chi connectivity index (χ3v) is 5.09. The topological polar surface area (TPSA) is 117 Å². The zero-order valence-electron chi connectivity index (χ0n) is 12.2. The minimum atomic E-state index is -4.06. The maximum Gasteiger partial charge on any atom is 0.293 e. The Bertz CT molecular complexity index is 713. The molecule has 0 aromatic heterocycles. The number of nitrogens with zero attached hydrogens (tertiary/aromatic N) is 1. The van der Waals surface area contributed by atoms with Crippen LogP contribution >= 0.6 is 0 Å². The molecule has 1 aromatic rings. The number of hydrogen-bond acceptors (Lipinski definition) is 7. The molecule has 3 rings (SSSR count). The molecule has 9 nitrogen and oxygen atoms in total. The summed E-state index contributed by atoms with van der Waals surface area (Å²) in [5.74, 6) is 0.348. The van der Waals surface area contributed by atoms with Crippen LogP contribution in [0, 0.1) is 10.1 Å². The third-order valence-electron chi connectivity index (χ3n) is 3.63. The summed E-state index contributed by atoms with van der Waals surface area (Å²) in [6.07, 6.45) is 1.42. The summed E-state index contributed by atoms with van der Waals surface area (Å²) in [7, 11) is -4.06. The van der Waals surface area contributed by atoms with Crippen LogP contribution in [0.5, 0.6) is 11.5 Å². The zero-order chi connectivity index (χ0) is 16.4. The summed E-state index contributed by atoms with van der Waals surface area (Å²) in [5, 5.41) is 11.2. The summed E-state index contributed by atoms with van der Waals surface area (Å²) in [4.78, 5) is 10.0. The van der Waals surface area contributed by atoms with Crippen molar-refractivity contribution in [3.8, 4) is 11.5 Å². The Hall–Kier alpha value is -1.91. The number of nitro groups is 1. The van der Waals surface area contributed by atoms with Crippen molar-refractivity contribution in [2.75, 3.05) is 26.4 Å². The van der Waals surface area contributed by atoms with Crippen LogP contribution in [0.15, 0.2) is 17.0 Å². The SMILES string of the molecule is O=[N+]([O-])c1cc2c(cc1S(=O)(=O)NC[C@H]1CCCO1)OCCO2. The van der Waals surface area contributed by atoms with Gasteiger partial charge in [-0.25, -0.2) is 13.1 Å². The highest BCUT2D eigenvalue weighted by Crippen LogP contribution is 2.38. The van der Waals surface area contributed by atoms with E-state index in [1.165, 1.54) is 0 Å². The lowest BCUT2D eigenvalue weighted by Gasteiger charge is -2.19. The maximum absolute atomic E-state index is 12.4. The van der Waals surface area contributed by atoms with E-state index in [0.29, 0.717) is 6.61 Å².